The first-order chi connectivity index (χ1) is 8.66. The molecule has 0 unspecified atom stereocenters. The minimum atomic E-state index is -4.75. The highest BCUT2D eigenvalue weighted by atomic mass is 32.2. The average molecular weight is 295 g/mol. The molecule has 0 heterocycles. The van der Waals surface area contributed by atoms with Crippen LogP contribution in [-0.2, 0) is 14.8 Å². The standard InChI is InChI=1S/C10H11F2NO5S/c1-5(14)8(10(15)16)13-19(17,18)9-6(11)3-2-4-7(9)12/h2-5,8,13-14H,1H3,(H,15,16)/t5-,8+/m1/s1. The molecule has 6 nitrogen and oxygen atoms in total. The van der Waals surface area contributed by atoms with E-state index in [1.165, 1.54) is 4.72 Å². The van der Waals surface area contributed by atoms with Crippen molar-refractivity contribution in [2.45, 2.75) is 24.0 Å². The molecule has 9 heteroatoms. The maximum Gasteiger partial charge on any atom is 0.324 e. The van der Waals surface area contributed by atoms with Gasteiger partial charge in [-0.05, 0) is 19.1 Å². The molecule has 3 N–H and O–H groups in total. The van der Waals surface area contributed by atoms with E-state index in [9.17, 15) is 22.0 Å². The van der Waals surface area contributed by atoms with Gasteiger partial charge in [-0.25, -0.2) is 17.2 Å². The molecule has 1 aromatic rings. The maximum atomic E-state index is 13.3. The molecule has 0 saturated heterocycles. The second-order valence-corrected chi connectivity index (χ2v) is 5.38. The second kappa shape index (κ2) is 5.59. The summed E-state index contributed by atoms with van der Waals surface area (Å²) in [5.74, 6) is -4.39. The molecule has 0 saturated carbocycles. The molecule has 0 aliphatic heterocycles. The topological polar surface area (TPSA) is 104 Å². The number of hydrogen-bond donors (Lipinski definition) is 3. The summed E-state index contributed by atoms with van der Waals surface area (Å²) in [6.45, 7) is 1.03. The minimum Gasteiger partial charge on any atom is -0.480 e. The van der Waals surface area contributed by atoms with Crippen LogP contribution in [-0.4, -0.2) is 36.7 Å². The normalized spacial score (nSPS) is 14.9. The summed E-state index contributed by atoms with van der Waals surface area (Å²) in [4.78, 5) is 9.46. The molecular weight excluding hydrogens is 284 g/mol. The average Bonchev–Trinajstić information content (AvgIpc) is 2.24. The molecule has 0 aliphatic rings. The zero-order valence-corrected chi connectivity index (χ0v) is 10.5. The quantitative estimate of drug-likeness (QED) is 0.713. The number of carboxylic acids is 1. The Kier molecular flexibility index (Phi) is 4.56. The van der Waals surface area contributed by atoms with Gasteiger partial charge in [-0.15, -0.1) is 0 Å². The first-order valence-corrected chi connectivity index (χ1v) is 6.52. The van der Waals surface area contributed by atoms with Crippen LogP contribution < -0.4 is 4.72 Å². The number of nitrogens with one attached hydrogen (secondary N) is 1. The molecule has 106 valence electrons. The summed E-state index contributed by atoms with van der Waals surface area (Å²) < 4.78 is 51.6. The van der Waals surface area contributed by atoms with E-state index in [0.29, 0.717) is 0 Å². The Hall–Kier alpha value is -1.58. The fourth-order valence-corrected chi connectivity index (χ4v) is 2.72. The van der Waals surface area contributed by atoms with Crippen LogP contribution in [0.2, 0.25) is 0 Å². The maximum absolute atomic E-state index is 13.3. The van der Waals surface area contributed by atoms with Crippen LogP contribution in [0.3, 0.4) is 0 Å². The van der Waals surface area contributed by atoms with Gasteiger partial charge in [0, 0.05) is 0 Å². The summed E-state index contributed by atoms with van der Waals surface area (Å²) in [6.07, 6.45) is -1.58. The smallest absolute Gasteiger partial charge is 0.324 e. The number of rotatable bonds is 5. The SMILES string of the molecule is C[C@@H](O)[C@H](NS(=O)(=O)c1c(F)cccc1F)C(=O)O. The van der Waals surface area contributed by atoms with Gasteiger partial charge in [-0.2, -0.15) is 4.72 Å². The third-order valence-electron chi connectivity index (χ3n) is 2.22. The van der Waals surface area contributed by atoms with E-state index < -0.39 is 44.7 Å². The predicted octanol–water partition coefficient (Wildman–Crippen LogP) is 0.0771. The Balaban J connectivity index is 3.22. The van der Waals surface area contributed by atoms with Crippen LogP contribution in [0.25, 0.3) is 0 Å². The number of benzene rings is 1. The second-order valence-electron chi connectivity index (χ2n) is 3.73. The molecule has 1 aromatic carbocycles. The fourth-order valence-electron chi connectivity index (χ4n) is 1.32. The van der Waals surface area contributed by atoms with Gasteiger partial charge in [0.1, 0.15) is 17.7 Å². The Morgan fingerprint density at radius 3 is 2.16 bits per heavy atom. The third kappa shape index (κ3) is 3.46. The molecule has 0 fully saturated rings. The van der Waals surface area contributed by atoms with E-state index in [0.717, 1.165) is 25.1 Å². The molecule has 0 aliphatic carbocycles. The number of carbonyl (C=O) groups is 1. The zero-order chi connectivity index (χ0) is 14.8. The number of aliphatic hydroxyl groups excluding tert-OH is 1. The van der Waals surface area contributed by atoms with Gasteiger partial charge in [-0.3, -0.25) is 4.79 Å². The highest BCUT2D eigenvalue weighted by Crippen LogP contribution is 2.18. The van der Waals surface area contributed by atoms with Crippen molar-refractivity contribution in [3.63, 3.8) is 0 Å². The van der Waals surface area contributed by atoms with Crippen LogP contribution in [0.15, 0.2) is 23.1 Å². The molecule has 0 amide bonds. The molecule has 0 bridgehead atoms. The van der Waals surface area contributed by atoms with Gasteiger partial charge in [0.15, 0.2) is 4.90 Å². The highest BCUT2D eigenvalue weighted by molar-refractivity contribution is 7.89. The Morgan fingerprint density at radius 2 is 1.79 bits per heavy atom. The summed E-state index contributed by atoms with van der Waals surface area (Å²) in [5.41, 5.74) is 0. The highest BCUT2D eigenvalue weighted by Gasteiger charge is 2.32. The summed E-state index contributed by atoms with van der Waals surface area (Å²) >= 11 is 0. The van der Waals surface area contributed by atoms with E-state index in [1.807, 2.05) is 0 Å². The molecule has 0 aromatic heterocycles. The Bertz CT molecular complexity index is 567. The van der Waals surface area contributed by atoms with Gasteiger partial charge in [0.25, 0.3) is 0 Å². The molecule has 2 atom stereocenters. The van der Waals surface area contributed by atoms with Crippen molar-refractivity contribution in [3.8, 4) is 0 Å². The Morgan fingerprint density at radius 1 is 1.32 bits per heavy atom. The van der Waals surface area contributed by atoms with E-state index in [2.05, 4.69) is 0 Å². The molecule has 0 spiro atoms. The van der Waals surface area contributed by atoms with Crippen LogP contribution in [0.4, 0.5) is 8.78 Å². The lowest BCUT2D eigenvalue weighted by Crippen LogP contribution is -2.47. The lowest BCUT2D eigenvalue weighted by molar-refractivity contribution is -0.141. The summed E-state index contributed by atoms with van der Waals surface area (Å²) in [6, 6.07) is 0.488. The number of aliphatic hydroxyl groups is 1. The van der Waals surface area contributed by atoms with Crippen molar-refractivity contribution in [1.29, 1.82) is 0 Å². The molecule has 0 radical (unpaired) electrons. The van der Waals surface area contributed by atoms with Gasteiger partial charge in [0.2, 0.25) is 10.0 Å². The van der Waals surface area contributed by atoms with Gasteiger partial charge in [0.05, 0.1) is 6.10 Å². The van der Waals surface area contributed by atoms with Crippen LogP contribution in [0.1, 0.15) is 6.92 Å². The van der Waals surface area contributed by atoms with Crippen molar-refractivity contribution in [1.82, 2.24) is 4.72 Å². The van der Waals surface area contributed by atoms with Crippen LogP contribution in [0, 0.1) is 11.6 Å². The molecule has 1 rings (SSSR count). The number of hydrogen-bond acceptors (Lipinski definition) is 4. The van der Waals surface area contributed by atoms with Crippen molar-refractivity contribution in [2.75, 3.05) is 0 Å². The largest absolute Gasteiger partial charge is 0.480 e. The van der Waals surface area contributed by atoms with E-state index >= 15 is 0 Å². The van der Waals surface area contributed by atoms with Gasteiger partial charge < -0.3 is 10.2 Å². The van der Waals surface area contributed by atoms with E-state index in [4.69, 9.17) is 10.2 Å². The zero-order valence-electron chi connectivity index (χ0n) is 9.67. The monoisotopic (exact) mass is 295 g/mol. The number of halogens is 2. The van der Waals surface area contributed by atoms with Crippen molar-refractivity contribution in [2.24, 2.45) is 0 Å². The van der Waals surface area contributed by atoms with Gasteiger partial charge >= 0.3 is 5.97 Å². The number of sulfonamides is 1. The lowest BCUT2D eigenvalue weighted by Gasteiger charge is -2.17. The van der Waals surface area contributed by atoms with Gasteiger partial charge in [-0.1, -0.05) is 6.07 Å². The van der Waals surface area contributed by atoms with E-state index in [1.54, 1.807) is 0 Å². The van der Waals surface area contributed by atoms with Crippen molar-refractivity contribution >= 4 is 16.0 Å². The molecular formula is C10H11F2NO5S. The first-order valence-electron chi connectivity index (χ1n) is 5.04. The third-order valence-corrected chi connectivity index (χ3v) is 3.71. The fraction of sp³-hybridized carbons (Fsp3) is 0.300. The predicted molar refractivity (Wildman–Crippen MR) is 59.8 cm³/mol. The summed E-state index contributed by atoms with van der Waals surface area (Å²) in [5, 5.41) is 17.9. The van der Waals surface area contributed by atoms with Crippen molar-refractivity contribution in [3.05, 3.63) is 29.8 Å². The summed E-state index contributed by atoms with van der Waals surface area (Å²) in [7, 11) is -4.75. The van der Waals surface area contributed by atoms with Crippen LogP contribution in [0.5, 0.6) is 0 Å². The minimum absolute atomic E-state index is 0.718. The molecule has 19 heavy (non-hydrogen) atoms. The Labute approximate surface area is 107 Å². The van der Waals surface area contributed by atoms with E-state index in [-0.39, 0.29) is 0 Å². The van der Waals surface area contributed by atoms with Crippen LogP contribution >= 0.6 is 0 Å². The first kappa shape index (κ1) is 15.5. The number of carboxylic acid groups (broad SMARTS) is 1. The number of aliphatic carboxylic acids is 1. The van der Waals surface area contributed by atoms with Crippen molar-refractivity contribution < 1.29 is 32.2 Å². The lowest BCUT2D eigenvalue weighted by atomic mass is 10.2.